The fourth-order valence-electron chi connectivity index (χ4n) is 2.42. The van der Waals surface area contributed by atoms with Crippen LogP contribution in [0.5, 0.6) is 5.75 Å². The number of sulfonamides is 1. The fourth-order valence-corrected chi connectivity index (χ4v) is 3.35. The minimum atomic E-state index is -3.57. The molecule has 0 heterocycles. The van der Waals surface area contributed by atoms with E-state index in [4.69, 9.17) is 4.74 Å². The largest absolute Gasteiger partial charge is 0.495 e. The van der Waals surface area contributed by atoms with Gasteiger partial charge < -0.3 is 10.1 Å². The van der Waals surface area contributed by atoms with Crippen LogP contribution in [-0.2, 0) is 14.8 Å². The third-order valence-corrected chi connectivity index (χ3v) is 5.66. The van der Waals surface area contributed by atoms with Gasteiger partial charge in [-0.3, -0.25) is 4.79 Å². The molecule has 1 N–H and O–H groups in total. The molecule has 0 bridgehead atoms. The zero-order valence-corrected chi connectivity index (χ0v) is 14.4. The van der Waals surface area contributed by atoms with Gasteiger partial charge in [0.2, 0.25) is 15.9 Å². The van der Waals surface area contributed by atoms with Crippen LogP contribution in [0.4, 0.5) is 5.69 Å². The predicted molar refractivity (Wildman–Crippen MR) is 89.0 cm³/mol. The highest BCUT2D eigenvalue weighted by Crippen LogP contribution is 2.30. The van der Waals surface area contributed by atoms with Crippen LogP contribution in [-0.4, -0.2) is 39.8 Å². The van der Waals surface area contributed by atoms with Gasteiger partial charge in [-0.15, -0.1) is 0 Å². The van der Waals surface area contributed by atoms with Gasteiger partial charge in [-0.1, -0.05) is 12.2 Å². The van der Waals surface area contributed by atoms with Crippen LogP contribution in [0.15, 0.2) is 35.2 Å². The van der Waals surface area contributed by atoms with Crippen LogP contribution in [0, 0.1) is 5.92 Å². The lowest BCUT2D eigenvalue weighted by Crippen LogP contribution is -2.25. The van der Waals surface area contributed by atoms with Crippen molar-refractivity contribution in [2.75, 3.05) is 26.5 Å². The Morgan fingerprint density at radius 1 is 1.30 bits per heavy atom. The minimum Gasteiger partial charge on any atom is -0.495 e. The molecule has 0 fully saturated rings. The van der Waals surface area contributed by atoms with E-state index in [1.54, 1.807) is 6.07 Å². The van der Waals surface area contributed by atoms with Gasteiger partial charge in [0.15, 0.2) is 0 Å². The van der Waals surface area contributed by atoms with Crippen LogP contribution in [0.3, 0.4) is 0 Å². The third kappa shape index (κ3) is 3.92. The second-order valence-corrected chi connectivity index (χ2v) is 7.77. The molecular weight excluding hydrogens is 316 g/mol. The van der Waals surface area contributed by atoms with Gasteiger partial charge in [0.05, 0.1) is 17.7 Å². The second-order valence-electron chi connectivity index (χ2n) is 5.62. The minimum absolute atomic E-state index is 0.0983. The van der Waals surface area contributed by atoms with Crippen LogP contribution < -0.4 is 10.1 Å². The van der Waals surface area contributed by atoms with Crippen molar-refractivity contribution in [3.63, 3.8) is 0 Å². The Morgan fingerprint density at radius 2 is 2.04 bits per heavy atom. The number of ether oxygens (including phenoxy) is 1. The summed E-state index contributed by atoms with van der Waals surface area (Å²) < 4.78 is 30.8. The molecule has 7 heteroatoms. The molecule has 1 aromatic rings. The lowest BCUT2D eigenvalue weighted by atomic mass is 9.93. The normalized spacial score (nSPS) is 18.0. The van der Waals surface area contributed by atoms with Gasteiger partial charge in [0.25, 0.3) is 0 Å². The highest BCUT2D eigenvalue weighted by atomic mass is 32.2. The Labute approximate surface area is 137 Å². The van der Waals surface area contributed by atoms with E-state index < -0.39 is 10.0 Å². The van der Waals surface area contributed by atoms with E-state index in [0.717, 1.165) is 17.1 Å². The Bertz CT molecular complexity index is 711. The smallest absolute Gasteiger partial charge is 0.242 e. The zero-order valence-electron chi connectivity index (χ0n) is 13.6. The lowest BCUT2D eigenvalue weighted by Gasteiger charge is -2.19. The number of nitrogens with zero attached hydrogens (tertiary/aromatic N) is 1. The molecule has 6 nitrogen and oxygen atoms in total. The summed E-state index contributed by atoms with van der Waals surface area (Å²) in [5.41, 5.74) is 0.370. The van der Waals surface area contributed by atoms with Crippen LogP contribution in [0.25, 0.3) is 0 Å². The van der Waals surface area contributed by atoms with Crippen molar-refractivity contribution in [2.24, 2.45) is 5.92 Å². The number of benzene rings is 1. The summed E-state index contributed by atoms with van der Waals surface area (Å²) in [6.07, 6.45) is 6.43. The Hall–Kier alpha value is -1.86. The standard InChI is InChI=1S/C16H22N2O4S/c1-18(2)23(20,21)13-9-10-15(22-3)14(11-13)17-16(19)12-7-5-4-6-8-12/h4-5,9-12H,6-8H2,1-3H3,(H,17,19)/t12-/m1/s1. The molecule has 1 aliphatic carbocycles. The number of amides is 1. The predicted octanol–water partition coefficient (Wildman–Crippen LogP) is 2.24. The molecular formula is C16H22N2O4S. The number of hydrogen-bond acceptors (Lipinski definition) is 4. The molecule has 0 radical (unpaired) electrons. The molecule has 0 aromatic heterocycles. The average molecular weight is 338 g/mol. The summed E-state index contributed by atoms with van der Waals surface area (Å²) >= 11 is 0. The first kappa shape index (κ1) is 17.5. The van der Waals surface area contributed by atoms with E-state index in [2.05, 4.69) is 11.4 Å². The highest BCUT2D eigenvalue weighted by molar-refractivity contribution is 7.89. The molecule has 1 atom stereocenters. The van der Waals surface area contributed by atoms with Crippen LogP contribution >= 0.6 is 0 Å². The van der Waals surface area contributed by atoms with Crippen molar-refractivity contribution in [3.8, 4) is 5.75 Å². The Morgan fingerprint density at radius 3 is 2.61 bits per heavy atom. The first-order chi connectivity index (χ1) is 10.9. The quantitative estimate of drug-likeness (QED) is 0.836. The number of rotatable bonds is 5. The van der Waals surface area contributed by atoms with Crippen molar-refractivity contribution >= 4 is 21.6 Å². The van der Waals surface area contributed by atoms with E-state index in [9.17, 15) is 13.2 Å². The molecule has 1 amide bonds. The first-order valence-corrected chi connectivity index (χ1v) is 8.86. The zero-order chi connectivity index (χ0) is 17.0. The van der Waals surface area contributed by atoms with E-state index in [-0.39, 0.29) is 16.7 Å². The molecule has 126 valence electrons. The third-order valence-electron chi connectivity index (χ3n) is 3.85. The molecule has 0 spiro atoms. The molecule has 1 aliphatic rings. The van der Waals surface area contributed by atoms with Gasteiger partial charge in [-0.05, 0) is 37.5 Å². The summed E-state index contributed by atoms with van der Waals surface area (Å²) in [6, 6.07) is 4.45. The SMILES string of the molecule is COc1ccc(S(=O)(=O)N(C)C)cc1NC(=O)[C@@H]1CC=CCC1. The van der Waals surface area contributed by atoms with Crippen LogP contribution in [0.1, 0.15) is 19.3 Å². The maximum Gasteiger partial charge on any atom is 0.242 e. The summed E-state index contributed by atoms with van der Waals surface area (Å²) in [7, 11) is 0.840. The lowest BCUT2D eigenvalue weighted by molar-refractivity contribution is -0.120. The molecule has 0 aliphatic heterocycles. The van der Waals surface area contributed by atoms with Crippen molar-refractivity contribution < 1.29 is 17.9 Å². The maximum atomic E-state index is 12.4. The molecule has 0 saturated carbocycles. The number of anilines is 1. The maximum absolute atomic E-state index is 12.4. The molecule has 2 rings (SSSR count). The van der Waals surface area contributed by atoms with Gasteiger partial charge in [0, 0.05) is 20.0 Å². The van der Waals surface area contributed by atoms with Gasteiger partial charge in [0.1, 0.15) is 5.75 Å². The van der Waals surface area contributed by atoms with E-state index in [1.165, 1.54) is 33.3 Å². The number of carbonyl (C=O) groups excluding carboxylic acids is 1. The summed E-state index contributed by atoms with van der Waals surface area (Å²) in [5, 5.41) is 2.80. The first-order valence-electron chi connectivity index (χ1n) is 7.42. The van der Waals surface area contributed by atoms with Crippen molar-refractivity contribution in [1.29, 1.82) is 0 Å². The second kappa shape index (κ2) is 7.14. The van der Waals surface area contributed by atoms with Gasteiger partial charge in [-0.25, -0.2) is 12.7 Å². The molecule has 0 unspecified atom stereocenters. The van der Waals surface area contributed by atoms with E-state index in [0.29, 0.717) is 17.9 Å². The summed E-state index contributed by atoms with van der Waals surface area (Å²) in [4.78, 5) is 12.5. The Balaban J connectivity index is 2.29. The van der Waals surface area contributed by atoms with E-state index in [1.807, 2.05) is 6.08 Å². The number of methoxy groups -OCH3 is 1. The highest BCUT2D eigenvalue weighted by Gasteiger charge is 2.22. The van der Waals surface area contributed by atoms with Crippen molar-refractivity contribution in [3.05, 3.63) is 30.4 Å². The topological polar surface area (TPSA) is 75.7 Å². The number of nitrogens with one attached hydrogen (secondary N) is 1. The average Bonchev–Trinajstić information content (AvgIpc) is 2.55. The van der Waals surface area contributed by atoms with Gasteiger partial charge >= 0.3 is 0 Å². The Kier molecular flexibility index (Phi) is 5.43. The molecule has 23 heavy (non-hydrogen) atoms. The van der Waals surface area contributed by atoms with Gasteiger partial charge in [-0.2, -0.15) is 0 Å². The summed E-state index contributed by atoms with van der Waals surface area (Å²) in [6.45, 7) is 0. The number of allylic oxidation sites excluding steroid dienone is 2. The summed E-state index contributed by atoms with van der Waals surface area (Å²) in [5.74, 6) is 0.216. The monoisotopic (exact) mass is 338 g/mol. The molecule has 1 aromatic carbocycles. The molecule has 0 saturated heterocycles. The van der Waals surface area contributed by atoms with E-state index >= 15 is 0 Å². The van der Waals surface area contributed by atoms with Crippen molar-refractivity contribution in [2.45, 2.75) is 24.2 Å². The number of hydrogen-bond donors (Lipinski definition) is 1. The number of carbonyl (C=O) groups is 1. The van der Waals surface area contributed by atoms with Crippen molar-refractivity contribution in [1.82, 2.24) is 4.31 Å². The van der Waals surface area contributed by atoms with Crippen LogP contribution in [0.2, 0.25) is 0 Å². The fraction of sp³-hybridized carbons (Fsp3) is 0.438.